The first-order valence-corrected chi connectivity index (χ1v) is 9.10. The molecule has 2 N–H and O–H groups in total. The largest absolute Gasteiger partial charge is 0.482 e. The number of carbonyl (C=O) groups is 1. The molecule has 0 fully saturated rings. The van der Waals surface area contributed by atoms with Crippen molar-refractivity contribution in [3.8, 4) is 5.75 Å². The lowest BCUT2D eigenvalue weighted by Gasteiger charge is -2.07. The predicted octanol–water partition coefficient (Wildman–Crippen LogP) is 4.02. The summed E-state index contributed by atoms with van der Waals surface area (Å²) < 4.78 is 23.3. The van der Waals surface area contributed by atoms with E-state index in [0.29, 0.717) is 16.5 Å². The monoisotopic (exact) mass is 483 g/mol. The van der Waals surface area contributed by atoms with Gasteiger partial charge >= 0.3 is 0 Å². The van der Waals surface area contributed by atoms with E-state index in [9.17, 15) is 9.18 Å². The molecular weight excluding hydrogens is 473 g/mol. The van der Waals surface area contributed by atoms with Gasteiger partial charge in [0, 0.05) is 0 Å². The highest BCUT2D eigenvalue weighted by Crippen LogP contribution is 2.23. The van der Waals surface area contributed by atoms with E-state index in [1.54, 1.807) is 24.3 Å². The summed E-state index contributed by atoms with van der Waals surface area (Å²) in [5, 5.41) is 13.6. The minimum atomic E-state index is -0.509. The molecule has 0 unspecified atom stereocenters. The third-order valence-electron chi connectivity index (χ3n) is 3.28. The third-order valence-corrected chi connectivity index (χ3v) is 4.20. The van der Waals surface area contributed by atoms with E-state index < -0.39 is 11.7 Å². The number of nitrogens with zero attached hydrogens (tertiary/aromatic N) is 3. The average Bonchev–Trinajstić information content (AvgIpc) is 3.14. The van der Waals surface area contributed by atoms with Gasteiger partial charge in [-0.2, -0.15) is 5.48 Å². The zero-order valence-electron chi connectivity index (χ0n) is 14.4. The molecule has 0 radical (unpaired) electrons. The summed E-state index contributed by atoms with van der Waals surface area (Å²) in [5.41, 5.74) is 3.05. The van der Waals surface area contributed by atoms with Crippen molar-refractivity contribution in [3.63, 3.8) is 0 Å². The summed E-state index contributed by atoms with van der Waals surface area (Å²) in [6.45, 7) is -0.301. The van der Waals surface area contributed by atoms with E-state index in [0.717, 1.165) is 6.21 Å². The number of carbonyl (C=O) groups excluding carboxylic acids is 1. The molecule has 150 valence electrons. The standard InChI is InChI=1S/C17H12BrClFN5O4/c18-11-7-10(5-6-13(11)20)23-28-21-8-14-17(25-29-24-14)22-16(26)9-27-15-4-2-1-3-12(15)19/h1-8,23H,9H2,(H,22,25,26)/b21-8+. The maximum atomic E-state index is 13.2. The molecule has 0 aliphatic carbocycles. The number of rotatable bonds is 8. The quantitative estimate of drug-likeness (QED) is 0.367. The zero-order chi connectivity index (χ0) is 20.6. The van der Waals surface area contributed by atoms with E-state index in [2.05, 4.69) is 46.8 Å². The van der Waals surface area contributed by atoms with Gasteiger partial charge in [0.25, 0.3) is 5.91 Å². The minimum Gasteiger partial charge on any atom is -0.482 e. The van der Waals surface area contributed by atoms with Crippen LogP contribution in [-0.4, -0.2) is 29.0 Å². The van der Waals surface area contributed by atoms with Crippen LogP contribution in [-0.2, 0) is 9.73 Å². The number of halogens is 3. The Morgan fingerprint density at radius 2 is 2.14 bits per heavy atom. The molecule has 0 atom stereocenters. The fourth-order valence-corrected chi connectivity index (χ4v) is 2.52. The summed E-state index contributed by atoms with van der Waals surface area (Å²) in [6.07, 6.45) is 1.16. The molecule has 0 aliphatic rings. The number of amides is 1. The van der Waals surface area contributed by atoms with Crippen LogP contribution in [0.15, 0.2) is 56.7 Å². The Bertz CT molecular complexity index is 1030. The van der Waals surface area contributed by atoms with Crippen LogP contribution in [0, 0.1) is 5.82 Å². The lowest BCUT2D eigenvalue weighted by atomic mass is 10.3. The van der Waals surface area contributed by atoms with Gasteiger partial charge < -0.3 is 10.1 Å². The van der Waals surface area contributed by atoms with Gasteiger partial charge in [0.2, 0.25) is 5.82 Å². The molecule has 3 rings (SSSR count). The van der Waals surface area contributed by atoms with E-state index in [4.69, 9.17) is 21.3 Å². The van der Waals surface area contributed by atoms with Crippen molar-refractivity contribution in [1.29, 1.82) is 0 Å². The SMILES string of the molecule is O=C(COc1ccccc1Cl)Nc1nonc1/C=N/ONc1ccc(F)c(Br)c1. The Balaban J connectivity index is 1.50. The van der Waals surface area contributed by atoms with Gasteiger partial charge in [-0.15, -0.1) is 0 Å². The highest BCUT2D eigenvalue weighted by molar-refractivity contribution is 9.10. The summed E-state index contributed by atoms with van der Waals surface area (Å²) in [7, 11) is 0. The first-order chi connectivity index (χ1) is 14.0. The molecule has 2 aromatic carbocycles. The zero-order valence-corrected chi connectivity index (χ0v) is 16.8. The average molecular weight is 485 g/mol. The number of oxime groups is 1. The molecule has 0 saturated heterocycles. The third kappa shape index (κ3) is 5.90. The number of aromatic nitrogens is 2. The lowest BCUT2D eigenvalue weighted by molar-refractivity contribution is -0.118. The Morgan fingerprint density at radius 1 is 1.31 bits per heavy atom. The van der Waals surface area contributed by atoms with Crippen molar-refractivity contribution in [2.75, 3.05) is 17.4 Å². The maximum Gasteiger partial charge on any atom is 0.263 e. The smallest absolute Gasteiger partial charge is 0.263 e. The highest BCUT2D eigenvalue weighted by atomic mass is 79.9. The normalized spacial score (nSPS) is 10.7. The first kappa shape index (κ1) is 20.6. The maximum absolute atomic E-state index is 13.2. The molecule has 1 heterocycles. The van der Waals surface area contributed by atoms with Gasteiger partial charge in [-0.3, -0.25) is 9.73 Å². The minimum absolute atomic E-state index is 0.0228. The lowest BCUT2D eigenvalue weighted by Crippen LogP contribution is -2.21. The molecule has 12 heteroatoms. The van der Waals surface area contributed by atoms with Crippen molar-refractivity contribution in [2.45, 2.75) is 0 Å². The van der Waals surface area contributed by atoms with Crippen LogP contribution in [0.1, 0.15) is 5.69 Å². The summed E-state index contributed by atoms with van der Waals surface area (Å²) in [6, 6.07) is 10.9. The highest BCUT2D eigenvalue weighted by Gasteiger charge is 2.13. The number of anilines is 2. The van der Waals surface area contributed by atoms with Crippen molar-refractivity contribution in [2.24, 2.45) is 5.16 Å². The van der Waals surface area contributed by atoms with Gasteiger partial charge in [-0.1, -0.05) is 28.9 Å². The number of benzene rings is 2. The molecule has 9 nitrogen and oxygen atoms in total. The van der Waals surface area contributed by atoms with Gasteiger partial charge in [-0.05, 0) is 56.6 Å². The molecule has 1 aromatic heterocycles. The molecule has 1 amide bonds. The second kappa shape index (κ2) is 9.85. The second-order valence-corrected chi connectivity index (χ2v) is 6.58. The van der Waals surface area contributed by atoms with Crippen LogP contribution in [0.5, 0.6) is 5.75 Å². The molecule has 29 heavy (non-hydrogen) atoms. The van der Waals surface area contributed by atoms with Crippen LogP contribution >= 0.6 is 27.5 Å². The van der Waals surface area contributed by atoms with E-state index in [-0.39, 0.29) is 22.6 Å². The van der Waals surface area contributed by atoms with Gasteiger partial charge in [0.05, 0.1) is 15.2 Å². The fourth-order valence-electron chi connectivity index (χ4n) is 1.95. The van der Waals surface area contributed by atoms with Gasteiger partial charge in [0.15, 0.2) is 12.3 Å². The molecule has 0 aliphatic heterocycles. The molecule has 0 bridgehead atoms. The number of para-hydroxylation sites is 1. The molecule has 0 saturated carbocycles. The van der Waals surface area contributed by atoms with Crippen molar-refractivity contribution < 1.29 is 23.5 Å². The van der Waals surface area contributed by atoms with Gasteiger partial charge in [-0.25, -0.2) is 9.02 Å². The van der Waals surface area contributed by atoms with Crippen LogP contribution in [0.2, 0.25) is 5.02 Å². The van der Waals surface area contributed by atoms with Gasteiger partial charge in [0.1, 0.15) is 17.8 Å². The van der Waals surface area contributed by atoms with Crippen LogP contribution in [0.3, 0.4) is 0 Å². The van der Waals surface area contributed by atoms with E-state index in [1.165, 1.54) is 18.2 Å². The Labute approximate surface area is 176 Å². The van der Waals surface area contributed by atoms with Crippen LogP contribution in [0.4, 0.5) is 15.9 Å². The Hall–Kier alpha value is -3.18. The second-order valence-electron chi connectivity index (χ2n) is 5.32. The number of hydrogen-bond acceptors (Lipinski definition) is 8. The molecule has 3 aromatic rings. The Kier molecular flexibility index (Phi) is 6.98. The first-order valence-electron chi connectivity index (χ1n) is 7.93. The van der Waals surface area contributed by atoms with Crippen LogP contribution in [0.25, 0.3) is 0 Å². The summed E-state index contributed by atoms with van der Waals surface area (Å²) in [5.74, 6) is -0.525. The molecular formula is C17H12BrClFN5O4. The number of ether oxygens (including phenoxy) is 1. The van der Waals surface area contributed by atoms with Crippen molar-refractivity contribution >= 4 is 51.2 Å². The number of nitrogens with one attached hydrogen (secondary N) is 2. The number of hydrogen-bond donors (Lipinski definition) is 2. The summed E-state index contributed by atoms with van der Waals surface area (Å²) in [4.78, 5) is 16.9. The van der Waals surface area contributed by atoms with E-state index >= 15 is 0 Å². The topological polar surface area (TPSA) is 111 Å². The fraction of sp³-hybridized carbons (Fsp3) is 0.0588. The van der Waals surface area contributed by atoms with Crippen LogP contribution < -0.4 is 15.5 Å². The van der Waals surface area contributed by atoms with Crippen molar-refractivity contribution in [3.05, 3.63) is 63.5 Å². The summed E-state index contributed by atoms with van der Waals surface area (Å²) >= 11 is 9.01. The predicted molar refractivity (Wildman–Crippen MR) is 106 cm³/mol. The Morgan fingerprint density at radius 3 is 2.93 bits per heavy atom. The molecule has 0 spiro atoms. The van der Waals surface area contributed by atoms with Crippen molar-refractivity contribution in [1.82, 2.24) is 10.3 Å². The van der Waals surface area contributed by atoms with E-state index in [1.807, 2.05) is 0 Å².